The summed E-state index contributed by atoms with van der Waals surface area (Å²) in [5.74, 6) is -1.78. The van der Waals surface area contributed by atoms with Crippen molar-refractivity contribution in [2.24, 2.45) is 5.92 Å². The number of hydrogen-bond donors (Lipinski definition) is 1. The van der Waals surface area contributed by atoms with Gasteiger partial charge < -0.3 is 5.11 Å². The Bertz CT molecular complexity index is 231. The lowest BCUT2D eigenvalue weighted by Gasteiger charge is -2.17. The lowest BCUT2D eigenvalue weighted by molar-refractivity contribution is -0.143. The van der Waals surface area contributed by atoms with Crippen LogP contribution in [0, 0.1) is 5.92 Å². The van der Waals surface area contributed by atoms with Crippen LogP contribution in [0.4, 0.5) is 0 Å². The molecule has 0 aromatic heterocycles. The first-order valence-electron chi connectivity index (χ1n) is 4.60. The summed E-state index contributed by atoms with van der Waals surface area (Å²) in [5, 5.41) is 8.99. The Morgan fingerprint density at radius 3 is 2.13 bits per heavy atom. The minimum Gasteiger partial charge on any atom is -0.481 e. The summed E-state index contributed by atoms with van der Waals surface area (Å²) in [6.45, 7) is 1.99. The molecule has 0 heterocycles. The predicted molar refractivity (Wildman–Crippen MR) is 70.0 cm³/mol. The number of halogens is 3. The molecule has 15 heavy (non-hydrogen) atoms. The number of ketones is 1. The Balaban J connectivity index is 4.47. The molecule has 1 N–H and O–H groups in total. The summed E-state index contributed by atoms with van der Waals surface area (Å²) in [4.78, 5) is 21.9. The van der Waals surface area contributed by atoms with Gasteiger partial charge in [-0.3, -0.25) is 9.59 Å². The molecule has 0 aliphatic heterocycles. The summed E-state index contributed by atoms with van der Waals surface area (Å²) in [7, 11) is 0. The number of carboxylic acid groups (broad SMARTS) is 1. The van der Waals surface area contributed by atoms with Crippen LogP contribution in [0.3, 0.4) is 0 Å². The Hall–Kier alpha value is 0.580. The van der Waals surface area contributed by atoms with Gasteiger partial charge in [0.05, 0.1) is 10.7 Å². The molecule has 0 rings (SSSR count). The van der Waals surface area contributed by atoms with Gasteiger partial charge in [-0.05, 0) is 6.42 Å². The topological polar surface area (TPSA) is 54.4 Å². The fourth-order valence-electron chi connectivity index (χ4n) is 1.14. The number of Topliss-reactive ketones (excluding diaryl/α,β-unsaturated/α-hetero) is 1. The first-order valence-corrected chi connectivity index (χ1v) is 7.35. The van der Waals surface area contributed by atoms with Crippen molar-refractivity contribution in [2.45, 2.75) is 34.7 Å². The Labute approximate surface area is 114 Å². The van der Waals surface area contributed by atoms with Crippen LogP contribution >= 0.6 is 47.8 Å². The predicted octanol–water partition coefficient (Wildman–Crippen LogP) is 3.33. The van der Waals surface area contributed by atoms with Crippen LogP contribution < -0.4 is 0 Å². The number of carbonyl (C=O) groups is 2. The van der Waals surface area contributed by atoms with Gasteiger partial charge in [-0.2, -0.15) is 0 Å². The zero-order valence-corrected chi connectivity index (χ0v) is 13.0. The molecule has 2 unspecified atom stereocenters. The second kappa shape index (κ2) is 7.79. The van der Waals surface area contributed by atoms with Crippen molar-refractivity contribution >= 4 is 59.5 Å². The van der Waals surface area contributed by atoms with E-state index < -0.39 is 20.5 Å². The molecule has 2 atom stereocenters. The van der Waals surface area contributed by atoms with Crippen LogP contribution in [0.15, 0.2) is 0 Å². The van der Waals surface area contributed by atoms with Crippen molar-refractivity contribution in [3.8, 4) is 0 Å². The van der Waals surface area contributed by atoms with Gasteiger partial charge >= 0.3 is 5.97 Å². The highest BCUT2D eigenvalue weighted by atomic mass is 79.9. The number of rotatable bonds is 7. The van der Waals surface area contributed by atoms with Crippen molar-refractivity contribution in [1.82, 2.24) is 0 Å². The third kappa shape index (κ3) is 5.45. The molecule has 0 aromatic rings. The average molecular weight is 409 g/mol. The molecule has 88 valence electrons. The Kier molecular flexibility index (Phi) is 8.09. The van der Waals surface area contributed by atoms with Gasteiger partial charge in [-0.1, -0.05) is 67.6 Å². The summed E-state index contributed by atoms with van der Waals surface area (Å²) in [6, 6.07) is 0. The SMILES string of the molecule is CCCCC(C(=O)O)C(Br)C(=O)C(Br)Br. The lowest BCUT2D eigenvalue weighted by atomic mass is 9.97. The molecule has 6 heteroatoms. The summed E-state index contributed by atoms with van der Waals surface area (Å²) >= 11 is 9.29. The van der Waals surface area contributed by atoms with Gasteiger partial charge in [0.2, 0.25) is 0 Å². The minimum atomic E-state index is -0.931. The quantitative estimate of drug-likeness (QED) is 0.657. The van der Waals surface area contributed by atoms with E-state index in [0.29, 0.717) is 6.42 Å². The third-order valence-electron chi connectivity index (χ3n) is 2.03. The molecule has 0 aromatic carbocycles. The lowest BCUT2D eigenvalue weighted by Crippen LogP contribution is -2.33. The van der Waals surface area contributed by atoms with Crippen LogP contribution in [0.5, 0.6) is 0 Å². The third-order valence-corrected chi connectivity index (χ3v) is 4.02. The molecule has 0 aliphatic rings. The van der Waals surface area contributed by atoms with E-state index in [9.17, 15) is 9.59 Å². The van der Waals surface area contributed by atoms with Gasteiger partial charge in [0.1, 0.15) is 3.74 Å². The van der Waals surface area contributed by atoms with Crippen LogP contribution in [-0.4, -0.2) is 25.4 Å². The highest BCUT2D eigenvalue weighted by molar-refractivity contribution is 9.25. The van der Waals surface area contributed by atoms with Gasteiger partial charge in [0.25, 0.3) is 0 Å². The molecule has 3 nitrogen and oxygen atoms in total. The van der Waals surface area contributed by atoms with E-state index in [0.717, 1.165) is 12.8 Å². The normalized spacial score (nSPS) is 15.0. The molecule has 0 fully saturated rings. The molecule has 0 saturated heterocycles. The van der Waals surface area contributed by atoms with Crippen LogP contribution in [0.1, 0.15) is 26.2 Å². The number of carbonyl (C=O) groups excluding carboxylic acids is 1. The zero-order valence-electron chi connectivity index (χ0n) is 8.25. The minimum absolute atomic E-state index is 0.196. The molecule has 0 spiro atoms. The smallest absolute Gasteiger partial charge is 0.308 e. The molecule has 0 saturated carbocycles. The van der Waals surface area contributed by atoms with Crippen molar-refractivity contribution in [3.63, 3.8) is 0 Å². The van der Waals surface area contributed by atoms with E-state index in [2.05, 4.69) is 47.8 Å². The second-order valence-corrected chi connectivity index (χ2v) is 7.24. The van der Waals surface area contributed by atoms with Crippen LogP contribution in [0.2, 0.25) is 0 Å². The second-order valence-electron chi connectivity index (χ2n) is 3.19. The summed E-state index contributed by atoms with van der Waals surface area (Å²) in [5.41, 5.74) is 0. The highest BCUT2D eigenvalue weighted by Gasteiger charge is 2.33. The van der Waals surface area contributed by atoms with Gasteiger partial charge in [0, 0.05) is 0 Å². The molecule has 0 radical (unpaired) electrons. The maximum absolute atomic E-state index is 11.5. The Morgan fingerprint density at radius 1 is 1.27 bits per heavy atom. The fraction of sp³-hybridized carbons (Fsp3) is 0.778. The first kappa shape index (κ1) is 15.6. The standard InChI is InChI=1S/C9H13Br3O3/c1-2-3-4-5(9(14)15)6(10)7(13)8(11)12/h5-6,8H,2-4H2,1H3,(H,14,15). The van der Waals surface area contributed by atoms with Crippen LogP contribution in [0.25, 0.3) is 0 Å². The number of alkyl halides is 3. The monoisotopic (exact) mass is 406 g/mol. The maximum Gasteiger partial charge on any atom is 0.308 e. The van der Waals surface area contributed by atoms with Crippen molar-refractivity contribution in [3.05, 3.63) is 0 Å². The fourth-order valence-corrected chi connectivity index (χ4v) is 3.17. The molecule has 0 aliphatic carbocycles. The average Bonchev–Trinajstić information content (AvgIpc) is 2.16. The summed E-state index contributed by atoms with van der Waals surface area (Å²) < 4.78 is -0.502. The number of carboxylic acids is 1. The van der Waals surface area contributed by atoms with Crippen molar-refractivity contribution in [1.29, 1.82) is 0 Å². The largest absolute Gasteiger partial charge is 0.481 e. The summed E-state index contributed by atoms with van der Waals surface area (Å²) in [6.07, 6.45) is 2.24. The van der Waals surface area contributed by atoms with E-state index in [-0.39, 0.29) is 5.78 Å². The molecular weight excluding hydrogens is 396 g/mol. The van der Waals surface area contributed by atoms with Gasteiger partial charge in [-0.25, -0.2) is 0 Å². The number of unbranched alkanes of at least 4 members (excludes halogenated alkanes) is 1. The Morgan fingerprint density at radius 2 is 1.80 bits per heavy atom. The molecule has 0 amide bonds. The van der Waals surface area contributed by atoms with E-state index in [1.54, 1.807) is 0 Å². The van der Waals surface area contributed by atoms with E-state index >= 15 is 0 Å². The number of aliphatic carboxylic acids is 1. The van der Waals surface area contributed by atoms with Gasteiger partial charge in [0.15, 0.2) is 5.78 Å². The maximum atomic E-state index is 11.5. The molecular formula is C9H13Br3O3. The van der Waals surface area contributed by atoms with E-state index in [1.807, 2.05) is 6.92 Å². The zero-order chi connectivity index (χ0) is 12.0. The van der Waals surface area contributed by atoms with E-state index in [4.69, 9.17) is 5.11 Å². The van der Waals surface area contributed by atoms with Gasteiger partial charge in [-0.15, -0.1) is 0 Å². The molecule has 0 bridgehead atoms. The first-order chi connectivity index (χ1) is 6.91. The highest BCUT2D eigenvalue weighted by Crippen LogP contribution is 2.25. The van der Waals surface area contributed by atoms with Crippen LogP contribution in [-0.2, 0) is 9.59 Å². The number of hydrogen-bond acceptors (Lipinski definition) is 2. The van der Waals surface area contributed by atoms with Crippen molar-refractivity contribution < 1.29 is 14.7 Å². The van der Waals surface area contributed by atoms with Crippen molar-refractivity contribution in [2.75, 3.05) is 0 Å². The van der Waals surface area contributed by atoms with E-state index in [1.165, 1.54) is 0 Å².